The van der Waals surface area contributed by atoms with Gasteiger partial charge in [0.1, 0.15) is 0 Å². The molecule has 0 aromatic carbocycles. The maximum atomic E-state index is 12.5. The Morgan fingerprint density at radius 3 is 1.53 bits per heavy atom. The molecule has 0 saturated heterocycles. The summed E-state index contributed by atoms with van der Waals surface area (Å²) >= 11 is 0. The van der Waals surface area contributed by atoms with E-state index < -0.39 is 30.6 Å². The van der Waals surface area contributed by atoms with Gasteiger partial charge in [0.05, 0.1) is 6.26 Å². The lowest BCUT2D eigenvalue weighted by Gasteiger charge is -2.33. The first-order valence-electron chi connectivity index (χ1n) is 3.74. The summed E-state index contributed by atoms with van der Waals surface area (Å²) in [6.07, 6.45) is -6.61. The van der Waals surface area contributed by atoms with Crippen molar-refractivity contribution in [3.05, 3.63) is 12.8 Å². The van der Waals surface area contributed by atoms with Crippen molar-refractivity contribution in [3.63, 3.8) is 0 Å². The zero-order valence-corrected chi connectivity index (χ0v) is 7.80. The zero-order chi connectivity index (χ0) is 14.1. The molecule has 0 radical (unpaired) electrons. The molecule has 0 rings (SSSR count). The molecule has 0 heterocycles. The largest absolute Gasteiger partial charge is 0.495 e. The van der Waals surface area contributed by atoms with E-state index in [1.54, 1.807) is 0 Å². The Kier molecular flexibility index (Phi) is 4.02. The average molecular weight is 276 g/mol. The second-order valence-corrected chi connectivity index (χ2v) is 2.83. The fourth-order valence-corrected chi connectivity index (χ4v) is 0.662. The number of hydrogen-bond donors (Lipinski definition) is 0. The van der Waals surface area contributed by atoms with E-state index in [9.17, 15) is 39.5 Å². The normalized spacial score (nSPS) is 14.6. The van der Waals surface area contributed by atoms with Crippen molar-refractivity contribution in [3.8, 4) is 0 Å². The Bertz CT molecular complexity index is 280. The van der Waals surface area contributed by atoms with Crippen molar-refractivity contribution < 1.29 is 44.3 Å². The lowest BCUT2D eigenvalue weighted by Crippen LogP contribution is -2.62. The Morgan fingerprint density at radius 2 is 1.24 bits per heavy atom. The van der Waals surface area contributed by atoms with Gasteiger partial charge in [0.15, 0.2) is 6.61 Å². The molecule has 0 atom stereocenters. The van der Waals surface area contributed by atoms with Crippen molar-refractivity contribution in [2.75, 3.05) is 6.61 Å². The van der Waals surface area contributed by atoms with E-state index in [0.717, 1.165) is 0 Å². The van der Waals surface area contributed by atoms with Gasteiger partial charge in [-0.05, 0) is 0 Å². The number of rotatable bonds is 5. The Morgan fingerprint density at radius 1 is 0.824 bits per heavy atom. The summed E-state index contributed by atoms with van der Waals surface area (Å²) in [5.74, 6) is -19.2. The third-order valence-corrected chi connectivity index (χ3v) is 1.59. The van der Waals surface area contributed by atoms with Gasteiger partial charge < -0.3 is 4.74 Å². The molecule has 0 N–H and O–H groups in total. The van der Waals surface area contributed by atoms with E-state index >= 15 is 0 Å². The highest BCUT2D eigenvalue weighted by molar-refractivity contribution is 5.00. The monoisotopic (exact) mass is 276 g/mol. The van der Waals surface area contributed by atoms with Crippen LogP contribution in [0.5, 0.6) is 0 Å². The molecular formula is C7H5F9O. The number of hydrogen-bond acceptors (Lipinski definition) is 1. The van der Waals surface area contributed by atoms with Gasteiger partial charge >= 0.3 is 23.9 Å². The van der Waals surface area contributed by atoms with Crippen LogP contribution in [0.3, 0.4) is 0 Å². The van der Waals surface area contributed by atoms with Gasteiger partial charge in [-0.2, -0.15) is 39.5 Å². The summed E-state index contributed by atoms with van der Waals surface area (Å²) < 4.78 is 113. The molecule has 0 amide bonds. The lowest BCUT2D eigenvalue weighted by molar-refractivity contribution is -0.398. The van der Waals surface area contributed by atoms with Crippen molar-refractivity contribution in [2.45, 2.75) is 23.9 Å². The summed E-state index contributed by atoms with van der Waals surface area (Å²) in [7, 11) is 0. The van der Waals surface area contributed by atoms with Gasteiger partial charge in [-0.25, -0.2) is 0 Å². The van der Waals surface area contributed by atoms with Gasteiger partial charge in [-0.1, -0.05) is 6.58 Å². The van der Waals surface area contributed by atoms with Crippen LogP contribution in [0, 0.1) is 0 Å². The molecule has 0 aromatic rings. The zero-order valence-electron chi connectivity index (χ0n) is 7.80. The van der Waals surface area contributed by atoms with Crippen molar-refractivity contribution in [2.24, 2.45) is 0 Å². The van der Waals surface area contributed by atoms with E-state index in [4.69, 9.17) is 0 Å². The van der Waals surface area contributed by atoms with Gasteiger partial charge in [0, 0.05) is 0 Å². The molecule has 0 spiro atoms. The van der Waals surface area contributed by atoms with Gasteiger partial charge in [0.25, 0.3) is 0 Å². The highest BCUT2D eigenvalue weighted by Gasteiger charge is 2.81. The molecule has 17 heavy (non-hydrogen) atoms. The standard InChI is InChI=1S/C7H5F9O/c1-2-17-3-4(8,9)5(10,11)6(12,13)7(14,15)16/h2H,1,3H2. The Balaban J connectivity index is 5.31. The maximum Gasteiger partial charge on any atom is 0.460 e. The van der Waals surface area contributed by atoms with Gasteiger partial charge in [-0.15, -0.1) is 0 Å². The summed E-state index contributed by atoms with van der Waals surface area (Å²) in [6.45, 7) is 0.295. The lowest BCUT2D eigenvalue weighted by atomic mass is 10.0. The summed E-state index contributed by atoms with van der Waals surface area (Å²) in [5.41, 5.74) is 0. The van der Waals surface area contributed by atoms with Gasteiger partial charge in [0.2, 0.25) is 0 Å². The third kappa shape index (κ3) is 2.60. The van der Waals surface area contributed by atoms with Crippen LogP contribution in [0.2, 0.25) is 0 Å². The molecule has 102 valence electrons. The van der Waals surface area contributed by atoms with Crippen LogP contribution >= 0.6 is 0 Å². The fraction of sp³-hybridized carbons (Fsp3) is 0.714. The van der Waals surface area contributed by atoms with Crippen molar-refractivity contribution >= 4 is 0 Å². The van der Waals surface area contributed by atoms with E-state index in [1.807, 2.05) is 0 Å². The second-order valence-electron chi connectivity index (χ2n) is 2.83. The quantitative estimate of drug-likeness (QED) is 0.550. The Labute approximate surface area is 88.8 Å². The summed E-state index contributed by atoms with van der Waals surface area (Å²) in [4.78, 5) is 0. The first kappa shape index (κ1) is 15.9. The van der Waals surface area contributed by atoms with Crippen molar-refractivity contribution in [1.29, 1.82) is 0 Å². The average Bonchev–Trinajstić information content (AvgIpc) is 2.12. The molecule has 0 aliphatic carbocycles. The smallest absolute Gasteiger partial charge is 0.460 e. The summed E-state index contributed by atoms with van der Waals surface area (Å²) in [5, 5.41) is 0. The molecule has 0 aliphatic heterocycles. The number of alkyl halides is 9. The van der Waals surface area contributed by atoms with Crippen LogP contribution in [0.1, 0.15) is 0 Å². The number of halogens is 9. The maximum absolute atomic E-state index is 12.5. The van der Waals surface area contributed by atoms with Crippen LogP contribution in [-0.2, 0) is 4.74 Å². The van der Waals surface area contributed by atoms with E-state index in [0.29, 0.717) is 0 Å². The molecule has 0 bridgehead atoms. The van der Waals surface area contributed by atoms with Crippen molar-refractivity contribution in [1.82, 2.24) is 0 Å². The Hall–Kier alpha value is -1.09. The SMILES string of the molecule is C=COCC(F)(F)C(F)(F)C(F)(F)C(F)(F)F. The molecule has 0 fully saturated rings. The van der Waals surface area contributed by atoms with E-state index in [1.165, 1.54) is 0 Å². The van der Waals surface area contributed by atoms with Gasteiger partial charge in [-0.3, -0.25) is 0 Å². The predicted octanol–water partition coefficient (Wildman–Crippen LogP) is 3.61. The third-order valence-electron chi connectivity index (χ3n) is 1.59. The van der Waals surface area contributed by atoms with Crippen LogP contribution in [0.15, 0.2) is 12.8 Å². The fourth-order valence-electron chi connectivity index (χ4n) is 0.662. The predicted molar refractivity (Wildman–Crippen MR) is 37.0 cm³/mol. The van der Waals surface area contributed by atoms with Crippen LogP contribution < -0.4 is 0 Å². The van der Waals surface area contributed by atoms with E-state index in [2.05, 4.69) is 11.3 Å². The molecule has 0 saturated carbocycles. The molecule has 10 heteroatoms. The highest BCUT2D eigenvalue weighted by atomic mass is 19.4. The molecule has 0 aliphatic rings. The van der Waals surface area contributed by atoms with E-state index in [-0.39, 0.29) is 6.26 Å². The van der Waals surface area contributed by atoms with Crippen LogP contribution in [-0.4, -0.2) is 30.6 Å². The molecular weight excluding hydrogens is 271 g/mol. The topological polar surface area (TPSA) is 9.23 Å². The number of ether oxygens (including phenoxy) is 1. The first-order chi connectivity index (χ1) is 7.31. The minimum Gasteiger partial charge on any atom is -0.495 e. The highest BCUT2D eigenvalue weighted by Crippen LogP contribution is 2.52. The molecule has 0 unspecified atom stereocenters. The first-order valence-corrected chi connectivity index (χ1v) is 3.74. The molecule has 0 aromatic heterocycles. The summed E-state index contributed by atoms with van der Waals surface area (Å²) in [6, 6.07) is 0. The van der Waals surface area contributed by atoms with Crippen LogP contribution in [0.25, 0.3) is 0 Å². The molecule has 1 nitrogen and oxygen atoms in total. The van der Waals surface area contributed by atoms with Crippen LogP contribution in [0.4, 0.5) is 39.5 Å². The second kappa shape index (κ2) is 4.30. The minimum atomic E-state index is -6.88. The minimum absolute atomic E-state index is 0.204.